The minimum atomic E-state index is 0.0684. The summed E-state index contributed by atoms with van der Waals surface area (Å²) in [5.74, 6) is 0.967. The molecule has 1 aromatic carbocycles. The van der Waals surface area contributed by atoms with Crippen molar-refractivity contribution in [2.75, 3.05) is 18.6 Å². The first kappa shape index (κ1) is 12.2. The van der Waals surface area contributed by atoms with Gasteiger partial charge in [0.1, 0.15) is 11.9 Å². The highest BCUT2D eigenvalue weighted by Gasteiger charge is 2.31. The maximum atomic E-state index is 9.09. The van der Waals surface area contributed by atoms with Gasteiger partial charge in [-0.05, 0) is 38.0 Å². The van der Waals surface area contributed by atoms with Gasteiger partial charge in [0, 0.05) is 20.1 Å². The molecule has 1 aliphatic rings. The number of ether oxygens (including phenoxy) is 1. The molecular weight excluding hydrogens is 214 g/mol. The Hall–Kier alpha value is -1.22. The maximum Gasteiger partial charge on any atom is 0.146 e. The number of likely N-dealkylation sites (N-methyl/N-ethyl adjacent to an activating group) is 1. The molecular formula is C14H21NO2. The van der Waals surface area contributed by atoms with Crippen molar-refractivity contribution in [3.05, 3.63) is 23.3 Å². The van der Waals surface area contributed by atoms with Gasteiger partial charge in [-0.3, -0.25) is 0 Å². The zero-order valence-electron chi connectivity index (χ0n) is 11.0. The van der Waals surface area contributed by atoms with Crippen molar-refractivity contribution in [3.8, 4) is 5.75 Å². The van der Waals surface area contributed by atoms with Gasteiger partial charge in [0.05, 0.1) is 11.7 Å². The number of aliphatic hydroxyl groups excluding tert-OH is 1. The number of hydrogen-bond donors (Lipinski definition) is 1. The van der Waals surface area contributed by atoms with E-state index in [-0.39, 0.29) is 18.8 Å². The fourth-order valence-corrected chi connectivity index (χ4v) is 2.49. The first-order valence-corrected chi connectivity index (χ1v) is 6.16. The molecule has 3 heteroatoms. The average molecular weight is 235 g/mol. The molecule has 0 bridgehead atoms. The lowest BCUT2D eigenvalue weighted by Gasteiger charge is -2.40. The molecule has 0 spiro atoms. The molecule has 1 aromatic rings. The molecule has 0 saturated heterocycles. The van der Waals surface area contributed by atoms with E-state index in [4.69, 9.17) is 9.84 Å². The summed E-state index contributed by atoms with van der Waals surface area (Å²) in [6, 6.07) is 4.59. The van der Waals surface area contributed by atoms with Crippen molar-refractivity contribution < 1.29 is 9.84 Å². The third kappa shape index (κ3) is 2.12. The van der Waals surface area contributed by atoms with Crippen LogP contribution in [-0.2, 0) is 0 Å². The van der Waals surface area contributed by atoms with Crippen molar-refractivity contribution in [1.29, 1.82) is 0 Å². The second-order valence-electron chi connectivity index (χ2n) is 4.95. The molecule has 2 atom stereocenters. The Morgan fingerprint density at radius 3 is 2.71 bits per heavy atom. The van der Waals surface area contributed by atoms with E-state index in [0.717, 1.165) is 11.4 Å². The summed E-state index contributed by atoms with van der Waals surface area (Å²) in [5.41, 5.74) is 3.58. The summed E-state index contributed by atoms with van der Waals surface area (Å²) in [5, 5.41) is 9.09. The molecule has 0 aromatic heterocycles. The van der Waals surface area contributed by atoms with Crippen molar-refractivity contribution in [1.82, 2.24) is 0 Å². The molecule has 0 aliphatic carbocycles. The van der Waals surface area contributed by atoms with Gasteiger partial charge < -0.3 is 14.7 Å². The first-order valence-electron chi connectivity index (χ1n) is 6.16. The number of rotatable bonds is 2. The topological polar surface area (TPSA) is 32.7 Å². The molecule has 0 fully saturated rings. The molecule has 1 heterocycles. The fourth-order valence-electron chi connectivity index (χ4n) is 2.49. The lowest BCUT2D eigenvalue weighted by molar-refractivity contribution is 0.123. The zero-order valence-corrected chi connectivity index (χ0v) is 11.0. The van der Waals surface area contributed by atoms with E-state index in [1.807, 2.05) is 0 Å². The number of nitrogens with zero attached hydrogens (tertiary/aromatic N) is 1. The molecule has 0 radical (unpaired) electrons. The normalized spacial score (nSPS) is 23.2. The summed E-state index contributed by atoms with van der Waals surface area (Å²) >= 11 is 0. The van der Waals surface area contributed by atoms with Gasteiger partial charge in [0.25, 0.3) is 0 Å². The second kappa shape index (κ2) is 4.57. The van der Waals surface area contributed by atoms with Crippen molar-refractivity contribution in [2.24, 2.45) is 0 Å². The van der Waals surface area contributed by atoms with Gasteiger partial charge in [-0.2, -0.15) is 0 Å². The molecule has 1 N–H and O–H groups in total. The zero-order chi connectivity index (χ0) is 12.6. The van der Waals surface area contributed by atoms with E-state index in [0.29, 0.717) is 6.42 Å². The fraction of sp³-hybridized carbons (Fsp3) is 0.571. The Balaban J connectivity index is 2.41. The highest BCUT2D eigenvalue weighted by molar-refractivity contribution is 5.65. The van der Waals surface area contributed by atoms with Crippen molar-refractivity contribution in [2.45, 2.75) is 39.3 Å². The molecule has 2 rings (SSSR count). The van der Waals surface area contributed by atoms with E-state index < -0.39 is 0 Å². The largest absolute Gasteiger partial charge is 0.486 e. The average Bonchev–Trinajstić information content (AvgIpc) is 2.27. The Morgan fingerprint density at radius 2 is 2.06 bits per heavy atom. The summed E-state index contributed by atoms with van der Waals surface area (Å²) in [7, 11) is 2.09. The number of anilines is 1. The minimum Gasteiger partial charge on any atom is -0.486 e. The van der Waals surface area contributed by atoms with E-state index >= 15 is 0 Å². The predicted molar refractivity (Wildman–Crippen MR) is 69.9 cm³/mol. The van der Waals surface area contributed by atoms with Gasteiger partial charge >= 0.3 is 0 Å². The van der Waals surface area contributed by atoms with Crippen LogP contribution in [0.5, 0.6) is 5.75 Å². The molecule has 2 unspecified atom stereocenters. The van der Waals surface area contributed by atoms with Crippen LogP contribution < -0.4 is 9.64 Å². The summed E-state index contributed by atoms with van der Waals surface area (Å²) in [6.07, 6.45) is 0.747. The van der Waals surface area contributed by atoms with Crippen LogP contribution in [0.2, 0.25) is 0 Å². The maximum absolute atomic E-state index is 9.09. The molecule has 94 valence electrons. The summed E-state index contributed by atoms with van der Waals surface area (Å²) in [4.78, 5) is 2.25. The van der Waals surface area contributed by atoms with Gasteiger partial charge in [-0.15, -0.1) is 0 Å². The Labute approximate surface area is 103 Å². The number of aryl methyl sites for hydroxylation is 2. The number of fused-ring (bicyclic) bond motifs is 1. The highest BCUT2D eigenvalue weighted by atomic mass is 16.5. The minimum absolute atomic E-state index is 0.0684. The third-order valence-electron chi connectivity index (χ3n) is 3.61. The third-order valence-corrected chi connectivity index (χ3v) is 3.61. The van der Waals surface area contributed by atoms with Gasteiger partial charge in [-0.25, -0.2) is 0 Å². The monoisotopic (exact) mass is 235 g/mol. The Bertz CT molecular complexity index is 417. The van der Waals surface area contributed by atoms with Gasteiger partial charge in [0.2, 0.25) is 0 Å². The standard InChI is InChI=1S/C14H21NO2/c1-9-7-10(2)14-12(8-9)15(4)11(3)13(17-14)5-6-16/h7-8,11,13,16H,5-6H2,1-4H3. The molecule has 1 aliphatic heterocycles. The summed E-state index contributed by atoms with van der Waals surface area (Å²) < 4.78 is 6.04. The van der Waals surface area contributed by atoms with Crippen LogP contribution in [0.25, 0.3) is 0 Å². The van der Waals surface area contributed by atoms with Crippen LogP contribution in [0, 0.1) is 13.8 Å². The number of benzene rings is 1. The van der Waals surface area contributed by atoms with E-state index in [1.165, 1.54) is 11.1 Å². The quantitative estimate of drug-likeness (QED) is 0.853. The highest BCUT2D eigenvalue weighted by Crippen LogP contribution is 2.39. The molecule has 3 nitrogen and oxygen atoms in total. The molecule has 17 heavy (non-hydrogen) atoms. The second-order valence-corrected chi connectivity index (χ2v) is 4.95. The predicted octanol–water partition coefficient (Wildman–Crippen LogP) is 2.27. The summed E-state index contributed by atoms with van der Waals surface area (Å²) in [6.45, 7) is 6.49. The van der Waals surface area contributed by atoms with Crippen molar-refractivity contribution >= 4 is 5.69 Å². The lowest BCUT2D eigenvalue weighted by atomic mass is 10.0. The van der Waals surface area contributed by atoms with Gasteiger partial charge in [-0.1, -0.05) is 6.07 Å². The SMILES string of the molecule is Cc1cc(C)c2c(c1)N(C)C(C)C(CCO)O2. The van der Waals surface area contributed by atoms with E-state index in [9.17, 15) is 0 Å². The van der Waals surface area contributed by atoms with Crippen LogP contribution in [-0.4, -0.2) is 30.9 Å². The van der Waals surface area contributed by atoms with Gasteiger partial charge in [0.15, 0.2) is 0 Å². The van der Waals surface area contributed by atoms with Crippen LogP contribution >= 0.6 is 0 Å². The molecule has 0 amide bonds. The molecule has 0 saturated carbocycles. The Kier molecular flexibility index (Phi) is 3.29. The van der Waals surface area contributed by atoms with E-state index in [2.05, 4.69) is 44.9 Å². The number of aliphatic hydroxyl groups is 1. The van der Waals surface area contributed by atoms with Crippen LogP contribution in [0.1, 0.15) is 24.5 Å². The lowest BCUT2D eigenvalue weighted by Crippen LogP contribution is -2.46. The Morgan fingerprint density at radius 1 is 1.35 bits per heavy atom. The van der Waals surface area contributed by atoms with Crippen LogP contribution in [0.4, 0.5) is 5.69 Å². The number of hydrogen-bond acceptors (Lipinski definition) is 3. The van der Waals surface area contributed by atoms with Crippen LogP contribution in [0.3, 0.4) is 0 Å². The van der Waals surface area contributed by atoms with E-state index in [1.54, 1.807) is 0 Å². The van der Waals surface area contributed by atoms with Crippen LogP contribution in [0.15, 0.2) is 12.1 Å². The first-order chi connectivity index (χ1) is 8.04. The van der Waals surface area contributed by atoms with Crippen molar-refractivity contribution in [3.63, 3.8) is 0 Å². The smallest absolute Gasteiger partial charge is 0.146 e.